The molecule has 20 heavy (non-hydrogen) atoms. The van der Waals surface area contributed by atoms with Crippen LogP contribution in [-0.4, -0.2) is 13.1 Å². The molecule has 2 aromatic rings. The van der Waals surface area contributed by atoms with Crippen LogP contribution in [0.15, 0.2) is 42.5 Å². The fourth-order valence-electron chi connectivity index (χ4n) is 2.38. The zero-order valence-electron chi connectivity index (χ0n) is 13.0. The van der Waals surface area contributed by atoms with Crippen molar-refractivity contribution in [1.29, 1.82) is 0 Å². The first kappa shape index (κ1) is 14.8. The molecule has 0 aliphatic carbocycles. The van der Waals surface area contributed by atoms with Gasteiger partial charge in [0.05, 0.1) is 0 Å². The maximum absolute atomic E-state index is 3.31. The Hall–Kier alpha value is -1.60. The first-order valence-corrected chi connectivity index (χ1v) is 7.44. The smallest absolute Gasteiger partial charge is 0.00388 e. The van der Waals surface area contributed by atoms with Gasteiger partial charge >= 0.3 is 0 Å². The van der Waals surface area contributed by atoms with Crippen LogP contribution in [0.1, 0.15) is 30.0 Å². The van der Waals surface area contributed by atoms with E-state index >= 15 is 0 Å². The second-order valence-corrected chi connectivity index (χ2v) is 5.74. The molecule has 0 radical (unpaired) electrons. The Kier molecular flexibility index (Phi) is 4.97. The highest BCUT2D eigenvalue weighted by atomic mass is 14.8. The summed E-state index contributed by atoms with van der Waals surface area (Å²) in [6, 6.07) is 16.2. The predicted molar refractivity (Wildman–Crippen MR) is 88.2 cm³/mol. The number of hydrogen-bond acceptors (Lipinski definition) is 1. The fourth-order valence-corrected chi connectivity index (χ4v) is 2.38. The Labute approximate surface area is 123 Å². The topological polar surface area (TPSA) is 12.0 Å². The van der Waals surface area contributed by atoms with Crippen LogP contribution in [0.2, 0.25) is 0 Å². The van der Waals surface area contributed by atoms with E-state index in [0.717, 1.165) is 6.42 Å². The van der Waals surface area contributed by atoms with Crippen molar-refractivity contribution in [1.82, 2.24) is 5.32 Å². The second kappa shape index (κ2) is 6.71. The van der Waals surface area contributed by atoms with Crippen molar-refractivity contribution in [3.8, 4) is 11.1 Å². The van der Waals surface area contributed by atoms with Crippen molar-refractivity contribution in [2.24, 2.45) is 0 Å². The summed E-state index contributed by atoms with van der Waals surface area (Å²) >= 11 is 0. The first-order chi connectivity index (χ1) is 9.60. The van der Waals surface area contributed by atoms with E-state index in [9.17, 15) is 0 Å². The third-order valence-electron chi connectivity index (χ3n) is 4.07. The van der Waals surface area contributed by atoms with Gasteiger partial charge < -0.3 is 5.32 Å². The van der Waals surface area contributed by atoms with Gasteiger partial charge in [0.25, 0.3) is 0 Å². The molecule has 0 amide bonds. The Morgan fingerprint density at radius 3 is 2.25 bits per heavy atom. The lowest BCUT2D eigenvalue weighted by Crippen LogP contribution is -2.21. The van der Waals surface area contributed by atoms with E-state index in [0.29, 0.717) is 6.04 Å². The zero-order valence-corrected chi connectivity index (χ0v) is 13.0. The molecule has 2 rings (SSSR count). The lowest BCUT2D eigenvalue weighted by atomic mass is 9.96. The molecule has 0 fully saturated rings. The molecule has 2 aromatic carbocycles. The summed E-state index contributed by atoms with van der Waals surface area (Å²) < 4.78 is 0. The Bertz CT molecular complexity index is 554. The molecule has 0 unspecified atom stereocenters. The zero-order chi connectivity index (χ0) is 14.5. The van der Waals surface area contributed by atoms with E-state index in [2.05, 4.69) is 68.6 Å². The summed E-state index contributed by atoms with van der Waals surface area (Å²) in [4.78, 5) is 0. The van der Waals surface area contributed by atoms with E-state index in [1.807, 2.05) is 7.05 Å². The molecule has 1 nitrogen and oxygen atoms in total. The normalized spacial score (nSPS) is 12.4. The van der Waals surface area contributed by atoms with Gasteiger partial charge in [-0.15, -0.1) is 0 Å². The van der Waals surface area contributed by atoms with Crippen molar-refractivity contribution in [2.45, 2.75) is 39.7 Å². The molecular formula is C19H25N. The van der Waals surface area contributed by atoms with Gasteiger partial charge in [0.15, 0.2) is 0 Å². The van der Waals surface area contributed by atoms with Gasteiger partial charge in [-0.05, 0) is 62.9 Å². The van der Waals surface area contributed by atoms with Gasteiger partial charge in [0.1, 0.15) is 0 Å². The molecule has 0 aliphatic rings. The molecule has 106 valence electrons. The Morgan fingerprint density at radius 1 is 0.950 bits per heavy atom. The van der Waals surface area contributed by atoms with E-state index in [1.54, 1.807) is 0 Å². The monoisotopic (exact) mass is 267 g/mol. The Morgan fingerprint density at radius 2 is 1.60 bits per heavy atom. The molecule has 0 saturated heterocycles. The standard InChI is InChI=1S/C19H25N/c1-14-5-9-17(10-6-14)19-11-7-15(2)18(13-19)12-8-16(3)20-4/h5-7,9-11,13,16,20H,8,12H2,1-4H3/t16-/m0/s1. The van der Waals surface area contributed by atoms with Crippen molar-refractivity contribution >= 4 is 0 Å². The van der Waals surface area contributed by atoms with Gasteiger partial charge in [-0.3, -0.25) is 0 Å². The summed E-state index contributed by atoms with van der Waals surface area (Å²) in [6.07, 6.45) is 2.31. The number of rotatable bonds is 5. The van der Waals surface area contributed by atoms with Crippen molar-refractivity contribution in [3.63, 3.8) is 0 Å². The van der Waals surface area contributed by atoms with E-state index in [4.69, 9.17) is 0 Å². The second-order valence-electron chi connectivity index (χ2n) is 5.74. The molecule has 0 aliphatic heterocycles. The van der Waals surface area contributed by atoms with Crippen LogP contribution in [0, 0.1) is 13.8 Å². The summed E-state index contributed by atoms with van der Waals surface area (Å²) in [6.45, 7) is 6.57. The summed E-state index contributed by atoms with van der Waals surface area (Å²) in [5.74, 6) is 0. The molecule has 0 heterocycles. The molecular weight excluding hydrogens is 242 g/mol. The summed E-state index contributed by atoms with van der Waals surface area (Å²) in [5.41, 5.74) is 6.79. The number of nitrogens with one attached hydrogen (secondary N) is 1. The molecule has 0 saturated carbocycles. The van der Waals surface area contributed by atoms with Crippen molar-refractivity contribution in [3.05, 3.63) is 59.2 Å². The highest BCUT2D eigenvalue weighted by Crippen LogP contribution is 2.23. The van der Waals surface area contributed by atoms with Gasteiger partial charge in [0, 0.05) is 6.04 Å². The van der Waals surface area contributed by atoms with Crippen molar-refractivity contribution in [2.75, 3.05) is 7.05 Å². The molecule has 1 N–H and O–H groups in total. The fraction of sp³-hybridized carbons (Fsp3) is 0.368. The highest BCUT2D eigenvalue weighted by Gasteiger charge is 2.05. The maximum Gasteiger partial charge on any atom is 0.00388 e. The third kappa shape index (κ3) is 3.71. The van der Waals surface area contributed by atoms with Crippen LogP contribution in [0.5, 0.6) is 0 Å². The minimum atomic E-state index is 0.567. The lowest BCUT2D eigenvalue weighted by Gasteiger charge is -2.13. The van der Waals surface area contributed by atoms with Gasteiger partial charge in [0.2, 0.25) is 0 Å². The average Bonchev–Trinajstić information content (AvgIpc) is 2.47. The van der Waals surface area contributed by atoms with Gasteiger partial charge in [-0.1, -0.05) is 48.0 Å². The summed E-state index contributed by atoms with van der Waals surface area (Å²) in [7, 11) is 2.03. The lowest BCUT2D eigenvalue weighted by molar-refractivity contribution is 0.564. The molecule has 0 aromatic heterocycles. The molecule has 0 spiro atoms. The number of hydrogen-bond donors (Lipinski definition) is 1. The highest BCUT2D eigenvalue weighted by molar-refractivity contribution is 5.65. The Balaban J connectivity index is 2.21. The van der Waals surface area contributed by atoms with Crippen LogP contribution < -0.4 is 5.32 Å². The van der Waals surface area contributed by atoms with E-state index < -0.39 is 0 Å². The quantitative estimate of drug-likeness (QED) is 0.840. The van der Waals surface area contributed by atoms with Crippen LogP contribution in [0.3, 0.4) is 0 Å². The van der Waals surface area contributed by atoms with Crippen LogP contribution >= 0.6 is 0 Å². The summed E-state index contributed by atoms with van der Waals surface area (Å²) in [5, 5.41) is 3.31. The third-order valence-corrected chi connectivity index (χ3v) is 4.07. The number of benzene rings is 2. The van der Waals surface area contributed by atoms with Crippen LogP contribution in [-0.2, 0) is 6.42 Å². The van der Waals surface area contributed by atoms with E-state index in [-0.39, 0.29) is 0 Å². The molecule has 1 heteroatoms. The van der Waals surface area contributed by atoms with Crippen molar-refractivity contribution < 1.29 is 0 Å². The van der Waals surface area contributed by atoms with Gasteiger partial charge in [-0.25, -0.2) is 0 Å². The number of aryl methyl sites for hydroxylation is 3. The SMILES string of the molecule is CN[C@@H](C)CCc1cc(-c2ccc(C)cc2)ccc1C. The average molecular weight is 267 g/mol. The first-order valence-electron chi connectivity index (χ1n) is 7.44. The maximum atomic E-state index is 3.31. The molecule has 0 bridgehead atoms. The van der Waals surface area contributed by atoms with Gasteiger partial charge in [-0.2, -0.15) is 0 Å². The molecule has 1 atom stereocenters. The van der Waals surface area contributed by atoms with Crippen LogP contribution in [0.4, 0.5) is 0 Å². The minimum Gasteiger partial charge on any atom is -0.317 e. The van der Waals surface area contributed by atoms with E-state index in [1.165, 1.54) is 34.2 Å². The predicted octanol–water partition coefficient (Wildman–Crippen LogP) is 4.51. The minimum absolute atomic E-state index is 0.567. The van der Waals surface area contributed by atoms with Crippen LogP contribution in [0.25, 0.3) is 11.1 Å². The largest absolute Gasteiger partial charge is 0.317 e.